The Morgan fingerprint density at radius 3 is 2.17 bits per heavy atom. The minimum Gasteiger partial charge on any atom is -1.00 e. The summed E-state index contributed by atoms with van der Waals surface area (Å²) in [6.07, 6.45) is 17.4. The number of ether oxygens (including phenoxy) is 1. The third kappa shape index (κ3) is 10.5. The van der Waals surface area contributed by atoms with Gasteiger partial charge in [0.25, 0.3) is 0 Å². The Labute approximate surface area is 152 Å². The molecule has 0 aliphatic carbocycles. The molecule has 0 aromatic carbocycles. The van der Waals surface area contributed by atoms with E-state index in [0.29, 0.717) is 6.42 Å². The lowest BCUT2D eigenvalue weighted by molar-refractivity contribution is -0.671. The van der Waals surface area contributed by atoms with E-state index in [1.54, 1.807) is 0 Å². The maximum atomic E-state index is 11.8. The molecule has 0 amide bonds. The van der Waals surface area contributed by atoms with Crippen molar-refractivity contribution in [2.75, 3.05) is 0 Å². The van der Waals surface area contributed by atoms with Crippen molar-refractivity contribution in [2.45, 2.75) is 84.3 Å². The molecule has 1 atom stereocenters. The summed E-state index contributed by atoms with van der Waals surface area (Å²) in [4.78, 5) is 11.8. The van der Waals surface area contributed by atoms with Gasteiger partial charge in [-0.05, 0) is 6.42 Å². The van der Waals surface area contributed by atoms with Gasteiger partial charge >= 0.3 is 5.97 Å². The molecule has 4 nitrogen and oxygen atoms in total. The predicted molar refractivity (Wildman–Crippen MR) is 88.3 cm³/mol. The molecule has 0 saturated heterocycles. The molecule has 134 valence electrons. The van der Waals surface area contributed by atoms with Crippen LogP contribution in [0.4, 0.5) is 0 Å². The molecule has 0 aliphatic heterocycles. The summed E-state index contributed by atoms with van der Waals surface area (Å²) < 4.78 is 9.26. The van der Waals surface area contributed by atoms with Crippen molar-refractivity contribution in [2.24, 2.45) is 7.05 Å². The van der Waals surface area contributed by atoms with E-state index in [4.69, 9.17) is 4.74 Å². The molecular formula is C18H33BrN2O2. The Morgan fingerprint density at radius 2 is 1.65 bits per heavy atom. The smallest absolute Gasteiger partial charge is 0.309 e. The normalized spacial score (nSPS) is 11.8. The topological polar surface area (TPSA) is 35.1 Å². The third-order valence-electron chi connectivity index (χ3n) is 4.00. The second-order valence-electron chi connectivity index (χ2n) is 6.19. The molecule has 1 aromatic rings. The third-order valence-corrected chi connectivity index (χ3v) is 4.00. The minimum absolute atomic E-state index is 0. The lowest BCUT2D eigenvalue weighted by Crippen LogP contribution is -3.00. The zero-order chi connectivity index (χ0) is 16.2. The fourth-order valence-electron chi connectivity index (χ4n) is 2.57. The Kier molecular flexibility index (Phi) is 13.1. The number of nitrogens with zero attached hydrogens (tertiary/aromatic N) is 2. The highest BCUT2D eigenvalue weighted by atomic mass is 79.9. The largest absolute Gasteiger partial charge is 1.00 e. The number of aryl methyl sites for hydroxylation is 1. The van der Waals surface area contributed by atoms with E-state index in [1.807, 2.05) is 41.8 Å². The highest BCUT2D eigenvalue weighted by Crippen LogP contribution is 2.12. The van der Waals surface area contributed by atoms with Crippen molar-refractivity contribution in [3.8, 4) is 0 Å². The van der Waals surface area contributed by atoms with Gasteiger partial charge in [-0.3, -0.25) is 4.79 Å². The highest BCUT2D eigenvalue weighted by Gasteiger charge is 2.14. The van der Waals surface area contributed by atoms with E-state index in [2.05, 4.69) is 6.92 Å². The van der Waals surface area contributed by atoms with Gasteiger partial charge in [0.2, 0.25) is 12.6 Å². The number of esters is 1. The summed E-state index contributed by atoms with van der Waals surface area (Å²) >= 11 is 0. The van der Waals surface area contributed by atoms with Crippen molar-refractivity contribution in [1.29, 1.82) is 0 Å². The number of imidazole rings is 1. The summed E-state index contributed by atoms with van der Waals surface area (Å²) in [5.41, 5.74) is 0. The van der Waals surface area contributed by atoms with Crippen LogP contribution in [0.25, 0.3) is 0 Å². The van der Waals surface area contributed by atoms with E-state index in [-0.39, 0.29) is 29.2 Å². The van der Waals surface area contributed by atoms with Crippen LogP contribution >= 0.6 is 0 Å². The second kappa shape index (κ2) is 13.6. The summed E-state index contributed by atoms with van der Waals surface area (Å²) in [6, 6.07) is 0. The molecule has 1 unspecified atom stereocenters. The number of rotatable bonds is 12. The molecule has 0 aliphatic rings. The average Bonchev–Trinajstić information content (AvgIpc) is 2.92. The molecular weight excluding hydrogens is 356 g/mol. The van der Waals surface area contributed by atoms with Crippen molar-refractivity contribution < 1.29 is 31.1 Å². The van der Waals surface area contributed by atoms with E-state index in [0.717, 1.165) is 12.8 Å². The first-order valence-electron chi connectivity index (χ1n) is 8.85. The molecule has 0 bridgehead atoms. The summed E-state index contributed by atoms with van der Waals surface area (Å²) in [5, 5.41) is 0. The number of carbonyl (C=O) groups excluding carboxylic acids is 1. The van der Waals surface area contributed by atoms with Crippen LogP contribution in [0.1, 0.15) is 84.3 Å². The zero-order valence-corrected chi connectivity index (χ0v) is 16.6. The van der Waals surface area contributed by atoms with Gasteiger partial charge < -0.3 is 21.7 Å². The monoisotopic (exact) mass is 388 g/mol. The number of unbranched alkanes of at least 4 members (excludes halogenated alkanes) is 8. The number of hydrogen-bond acceptors (Lipinski definition) is 2. The van der Waals surface area contributed by atoms with Crippen LogP contribution in [0.3, 0.4) is 0 Å². The number of halogens is 1. The standard InChI is InChI=1S/C18H33N2O2.BrH/c1-4-5-6-7-8-9-10-11-12-13-18(21)22-17(2)20-15-14-19(3)16-20;/h14-17H,4-13H2,1-3H3;1H/q+1;/p-1. The van der Waals surface area contributed by atoms with Crippen molar-refractivity contribution >= 4 is 5.97 Å². The van der Waals surface area contributed by atoms with Gasteiger partial charge in [0.1, 0.15) is 12.4 Å². The fraction of sp³-hybridized carbons (Fsp3) is 0.778. The number of hydrogen-bond donors (Lipinski definition) is 0. The van der Waals surface area contributed by atoms with Gasteiger partial charge in [-0.25, -0.2) is 4.57 Å². The molecule has 5 heteroatoms. The maximum absolute atomic E-state index is 11.8. The quantitative estimate of drug-likeness (QED) is 0.307. The van der Waals surface area contributed by atoms with Gasteiger partial charge in [-0.15, -0.1) is 0 Å². The van der Waals surface area contributed by atoms with Crippen LogP contribution < -0.4 is 21.5 Å². The van der Waals surface area contributed by atoms with Crippen LogP contribution in [0, 0.1) is 0 Å². The molecule has 0 spiro atoms. The average molecular weight is 389 g/mol. The minimum atomic E-state index is -0.229. The maximum Gasteiger partial charge on any atom is 0.309 e. The molecule has 0 fully saturated rings. The number of carbonyl (C=O) groups is 1. The molecule has 0 radical (unpaired) electrons. The Bertz CT molecular complexity index is 421. The van der Waals surface area contributed by atoms with Crippen molar-refractivity contribution in [3.05, 3.63) is 18.7 Å². The van der Waals surface area contributed by atoms with Crippen molar-refractivity contribution in [3.63, 3.8) is 0 Å². The molecule has 0 saturated carbocycles. The number of aromatic nitrogens is 2. The lowest BCUT2D eigenvalue weighted by atomic mass is 10.1. The SMILES string of the molecule is CCCCCCCCCCCC(=O)OC(C)n1cc[n+](C)c1.[Br-]. The van der Waals surface area contributed by atoms with E-state index in [1.165, 1.54) is 44.9 Å². The Balaban J connectivity index is 0.00000484. The van der Waals surface area contributed by atoms with Gasteiger partial charge in [0, 0.05) is 13.3 Å². The first-order chi connectivity index (χ1) is 10.6. The van der Waals surface area contributed by atoms with E-state index in [9.17, 15) is 4.79 Å². The summed E-state index contributed by atoms with van der Waals surface area (Å²) in [6.45, 7) is 4.14. The first-order valence-corrected chi connectivity index (χ1v) is 8.85. The Morgan fingerprint density at radius 1 is 1.09 bits per heavy atom. The van der Waals surface area contributed by atoms with Crippen molar-refractivity contribution in [1.82, 2.24) is 4.57 Å². The first kappa shape index (κ1) is 22.2. The second-order valence-corrected chi connectivity index (χ2v) is 6.19. The van der Waals surface area contributed by atoms with Crippen LogP contribution in [0.15, 0.2) is 18.7 Å². The van der Waals surface area contributed by atoms with E-state index < -0.39 is 0 Å². The molecule has 0 N–H and O–H groups in total. The molecule has 1 aromatic heterocycles. The molecule has 1 rings (SSSR count). The predicted octanol–water partition coefficient (Wildman–Crippen LogP) is 1.30. The van der Waals surface area contributed by atoms with E-state index >= 15 is 0 Å². The summed E-state index contributed by atoms with van der Waals surface area (Å²) in [7, 11) is 1.95. The van der Waals surface area contributed by atoms with Gasteiger partial charge in [-0.1, -0.05) is 58.3 Å². The van der Waals surface area contributed by atoms with Gasteiger partial charge in [0.15, 0.2) is 0 Å². The van der Waals surface area contributed by atoms with Crippen LogP contribution in [-0.2, 0) is 16.6 Å². The molecule has 1 heterocycles. The summed E-state index contributed by atoms with van der Waals surface area (Å²) in [5.74, 6) is -0.0909. The molecule has 23 heavy (non-hydrogen) atoms. The Hall–Kier alpha value is -0.840. The van der Waals surface area contributed by atoms with Gasteiger partial charge in [-0.2, -0.15) is 4.57 Å². The van der Waals surface area contributed by atoms with Crippen LogP contribution in [-0.4, -0.2) is 10.5 Å². The van der Waals surface area contributed by atoms with Gasteiger partial charge in [0.05, 0.1) is 7.05 Å². The fourth-order valence-corrected chi connectivity index (χ4v) is 2.57. The van der Waals surface area contributed by atoms with Crippen LogP contribution in [0.5, 0.6) is 0 Å². The zero-order valence-electron chi connectivity index (χ0n) is 15.0. The van der Waals surface area contributed by atoms with Crippen LogP contribution in [0.2, 0.25) is 0 Å². The highest BCUT2D eigenvalue weighted by molar-refractivity contribution is 5.69. The lowest BCUT2D eigenvalue weighted by Gasteiger charge is -2.09.